The van der Waals surface area contributed by atoms with Crippen LogP contribution in [0.3, 0.4) is 0 Å². The second-order valence-electron chi connectivity index (χ2n) is 4.18. The first kappa shape index (κ1) is 12.3. The van der Waals surface area contributed by atoms with Gasteiger partial charge in [-0.15, -0.1) is 0 Å². The fourth-order valence-corrected chi connectivity index (χ4v) is 0.818. The van der Waals surface area contributed by atoms with Crippen molar-refractivity contribution in [2.45, 2.75) is 39.7 Å². The molecule has 4 nitrogen and oxygen atoms in total. The normalized spacial score (nSPS) is 11.5. The Balaban J connectivity index is 3.68. The summed E-state index contributed by atoms with van der Waals surface area (Å²) in [5.74, 6) is 0.648. The first-order valence-electron chi connectivity index (χ1n) is 4.63. The summed E-state index contributed by atoms with van der Waals surface area (Å²) in [6, 6.07) is 0. The molecule has 0 aromatic rings. The lowest BCUT2D eigenvalue weighted by atomic mass is 10.1. The minimum absolute atomic E-state index is 0.332. The van der Waals surface area contributed by atoms with Gasteiger partial charge in [0, 0.05) is 11.5 Å². The van der Waals surface area contributed by atoms with Crippen LogP contribution in [0.1, 0.15) is 34.1 Å². The Hall–Kier alpha value is -0.730. The molecule has 0 aromatic carbocycles. The molecule has 4 heteroatoms. The zero-order chi connectivity index (χ0) is 10.3. The maximum Gasteiger partial charge on any atom is 0.0682 e. The molecule has 0 rings (SSSR count). The van der Waals surface area contributed by atoms with Gasteiger partial charge in [0.25, 0.3) is 0 Å². The fourth-order valence-electron chi connectivity index (χ4n) is 0.818. The third-order valence-electron chi connectivity index (χ3n) is 1.70. The van der Waals surface area contributed by atoms with Gasteiger partial charge in [0.2, 0.25) is 0 Å². The van der Waals surface area contributed by atoms with E-state index in [1.54, 1.807) is 0 Å². The second-order valence-corrected chi connectivity index (χ2v) is 4.18. The van der Waals surface area contributed by atoms with E-state index in [4.69, 9.17) is 10.3 Å². The summed E-state index contributed by atoms with van der Waals surface area (Å²) in [7, 11) is 0. The lowest BCUT2D eigenvalue weighted by Crippen LogP contribution is -2.28. The number of nitrogens with zero attached hydrogens (tertiary/aromatic N) is 3. The van der Waals surface area contributed by atoms with Gasteiger partial charge in [-0.1, -0.05) is 19.0 Å². The summed E-state index contributed by atoms with van der Waals surface area (Å²) in [6.07, 6.45) is 1.04. The largest absolute Gasteiger partial charge is 0.375 e. The number of ether oxygens (including phenoxy) is 1. The molecule has 0 aromatic heterocycles. The van der Waals surface area contributed by atoms with Crippen LogP contribution in [0.15, 0.2) is 5.11 Å². The van der Waals surface area contributed by atoms with E-state index in [1.807, 2.05) is 13.8 Å². The molecule has 0 unspecified atom stereocenters. The summed E-state index contributed by atoms with van der Waals surface area (Å²) in [5.41, 5.74) is 7.81. The zero-order valence-electron chi connectivity index (χ0n) is 8.95. The maximum absolute atomic E-state index is 8.15. The van der Waals surface area contributed by atoms with Crippen LogP contribution in [0.4, 0.5) is 0 Å². The van der Waals surface area contributed by atoms with E-state index in [0.717, 1.165) is 13.0 Å². The van der Waals surface area contributed by atoms with Crippen molar-refractivity contribution < 1.29 is 4.74 Å². The van der Waals surface area contributed by atoms with Gasteiger partial charge >= 0.3 is 0 Å². The van der Waals surface area contributed by atoms with E-state index >= 15 is 0 Å². The number of azide groups is 1. The predicted octanol–water partition coefficient (Wildman–Crippen LogP) is 3.14. The summed E-state index contributed by atoms with van der Waals surface area (Å²) in [5, 5.41) is 3.50. The predicted molar refractivity (Wildman–Crippen MR) is 53.5 cm³/mol. The molecule has 0 aliphatic rings. The van der Waals surface area contributed by atoms with Crippen LogP contribution in [-0.2, 0) is 4.74 Å². The summed E-state index contributed by atoms with van der Waals surface area (Å²) in [6.45, 7) is 9.30. The van der Waals surface area contributed by atoms with Crippen LogP contribution < -0.4 is 0 Å². The van der Waals surface area contributed by atoms with Crippen molar-refractivity contribution in [2.24, 2.45) is 11.0 Å². The SMILES string of the molecule is CC(C)CCOC(C)(C)CN=[N+]=[N-]. The second kappa shape index (κ2) is 5.84. The van der Waals surface area contributed by atoms with Crippen LogP contribution in [0.25, 0.3) is 10.4 Å². The van der Waals surface area contributed by atoms with Gasteiger partial charge in [-0.2, -0.15) is 0 Å². The van der Waals surface area contributed by atoms with Crippen LogP contribution >= 0.6 is 0 Å². The van der Waals surface area contributed by atoms with Crippen molar-refractivity contribution in [3.05, 3.63) is 10.4 Å². The highest BCUT2D eigenvalue weighted by Crippen LogP contribution is 2.11. The van der Waals surface area contributed by atoms with Crippen molar-refractivity contribution in [1.29, 1.82) is 0 Å². The number of hydrogen-bond donors (Lipinski definition) is 0. The van der Waals surface area contributed by atoms with Gasteiger partial charge in [-0.3, -0.25) is 0 Å². The molecule has 0 aliphatic carbocycles. The molecule has 0 spiro atoms. The Morgan fingerprint density at radius 3 is 2.54 bits per heavy atom. The van der Waals surface area contributed by atoms with Gasteiger partial charge < -0.3 is 4.74 Å². The molecule has 0 N–H and O–H groups in total. The van der Waals surface area contributed by atoms with Crippen molar-refractivity contribution in [3.8, 4) is 0 Å². The van der Waals surface area contributed by atoms with Crippen LogP contribution in [-0.4, -0.2) is 18.8 Å². The molecule has 0 saturated carbocycles. The van der Waals surface area contributed by atoms with Gasteiger partial charge in [0.1, 0.15) is 0 Å². The number of hydrogen-bond acceptors (Lipinski definition) is 2. The lowest BCUT2D eigenvalue weighted by Gasteiger charge is -2.23. The molecule has 0 fully saturated rings. The summed E-state index contributed by atoms with van der Waals surface area (Å²) >= 11 is 0. The molecular weight excluding hydrogens is 166 g/mol. The van der Waals surface area contributed by atoms with E-state index in [9.17, 15) is 0 Å². The molecule has 0 heterocycles. The van der Waals surface area contributed by atoms with Crippen molar-refractivity contribution in [3.63, 3.8) is 0 Å². The molecule has 13 heavy (non-hydrogen) atoms. The van der Waals surface area contributed by atoms with Crippen LogP contribution in [0.5, 0.6) is 0 Å². The standard InChI is InChI=1S/C9H19N3O/c1-8(2)5-6-13-9(3,4)7-11-12-10/h8H,5-7H2,1-4H3. The van der Waals surface area contributed by atoms with Gasteiger partial charge in [-0.05, 0) is 31.7 Å². The van der Waals surface area contributed by atoms with Crippen molar-refractivity contribution >= 4 is 0 Å². The van der Waals surface area contributed by atoms with Crippen LogP contribution in [0.2, 0.25) is 0 Å². The minimum Gasteiger partial charge on any atom is -0.375 e. The van der Waals surface area contributed by atoms with Crippen LogP contribution in [0, 0.1) is 5.92 Å². The first-order valence-corrected chi connectivity index (χ1v) is 4.63. The van der Waals surface area contributed by atoms with E-state index in [2.05, 4.69) is 23.9 Å². The molecule has 0 saturated heterocycles. The highest BCUT2D eigenvalue weighted by molar-refractivity contribution is 4.71. The summed E-state index contributed by atoms with van der Waals surface area (Å²) < 4.78 is 5.58. The average molecular weight is 185 g/mol. The minimum atomic E-state index is -0.332. The molecule has 0 aliphatic heterocycles. The Morgan fingerprint density at radius 1 is 1.46 bits per heavy atom. The van der Waals surface area contributed by atoms with E-state index in [0.29, 0.717) is 12.5 Å². The highest BCUT2D eigenvalue weighted by Gasteiger charge is 2.16. The monoisotopic (exact) mass is 185 g/mol. The quantitative estimate of drug-likeness (QED) is 0.356. The Kier molecular flexibility index (Phi) is 5.51. The van der Waals surface area contributed by atoms with Gasteiger partial charge in [-0.25, -0.2) is 0 Å². The van der Waals surface area contributed by atoms with E-state index in [1.165, 1.54) is 0 Å². The average Bonchev–Trinajstić information content (AvgIpc) is 2.00. The topological polar surface area (TPSA) is 58.0 Å². The lowest BCUT2D eigenvalue weighted by molar-refractivity contribution is -0.0149. The highest BCUT2D eigenvalue weighted by atomic mass is 16.5. The molecule has 76 valence electrons. The Labute approximate surface area is 79.9 Å². The third kappa shape index (κ3) is 7.62. The molecule has 0 bridgehead atoms. The van der Waals surface area contributed by atoms with Gasteiger partial charge in [0.05, 0.1) is 12.1 Å². The first-order chi connectivity index (χ1) is 5.98. The Bertz CT molecular complexity index is 183. The van der Waals surface area contributed by atoms with Gasteiger partial charge in [0.15, 0.2) is 0 Å². The maximum atomic E-state index is 8.15. The van der Waals surface area contributed by atoms with E-state index in [-0.39, 0.29) is 5.60 Å². The van der Waals surface area contributed by atoms with Crippen molar-refractivity contribution in [2.75, 3.05) is 13.2 Å². The molecule has 0 amide bonds. The molecule has 0 atom stereocenters. The molecule has 0 radical (unpaired) electrons. The third-order valence-corrected chi connectivity index (χ3v) is 1.70. The smallest absolute Gasteiger partial charge is 0.0682 e. The summed E-state index contributed by atoms with van der Waals surface area (Å²) in [4.78, 5) is 2.71. The zero-order valence-corrected chi connectivity index (χ0v) is 8.95. The van der Waals surface area contributed by atoms with E-state index < -0.39 is 0 Å². The van der Waals surface area contributed by atoms with Crippen molar-refractivity contribution in [1.82, 2.24) is 0 Å². The Morgan fingerprint density at radius 2 is 2.08 bits per heavy atom. The fraction of sp³-hybridized carbons (Fsp3) is 1.00. The molecular formula is C9H19N3O. The number of rotatable bonds is 6.